The number of hydrogen-bond acceptors (Lipinski definition) is 6. The van der Waals surface area contributed by atoms with Crippen LogP contribution in [0, 0.1) is 5.82 Å². The van der Waals surface area contributed by atoms with Crippen LogP contribution in [-0.2, 0) is 20.9 Å². The summed E-state index contributed by atoms with van der Waals surface area (Å²) in [5.41, 5.74) is 0.309. The molecule has 0 aliphatic carbocycles. The summed E-state index contributed by atoms with van der Waals surface area (Å²) >= 11 is 0. The average Bonchev–Trinajstić information content (AvgIpc) is 3.45. The minimum Gasteiger partial charge on any atom is -0.467 e. The second kappa shape index (κ2) is 9.70. The van der Waals surface area contributed by atoms with Crippen molar-refractivity contribution < 1.29 is 32.7 Å². The maximum absolute atomic E-state index is 14.4. The van der Waals surface area contributed by atoms with E-state index >= 15 is 0 Å². The van der Waals surface area contributed by atoms with Crippen molar-refractivity contribution >= 4 is 29.4 Å². The summed E-state index contributed by atoms with van der Waals surface area (Å²) in [6.45, 7) is 1.78. The average molecular weight is 464 g/mol. The molecule has 34 heavy (non-hydrogen) atoms. The van der Waals surface area contributed by atoms with Gasteiger partial charge in [-0.05, 0) is 55.5 Å². The molecule has 0 radical (unpaired) electrons. The van der Waals surface area contributed by atoms with Crippen LogP contribution in [0.2, 0.25) is 0 Å². The van der Waals surface area contributed by atoms with E-state index in [0.717, 1.165) is 15.9 Å². The predicted molar refractivity (Wildman–Crippen MR) is 118 cm³/mol. The highest BCUT2D eigenvalue weighted by molar-refractivity contribution is 6.23. The number of imide groups is 1. The monoisotopic (exact) mass is 464 g/mol. The lowest BCUT2D eigenvalue weighted by Crippen LogP contribution is -2.45. The standard InChI is InChI=1S/C25H21FN2O6/c1-2-33-25(32)16-9-11-17(12-10-16)28-22(29)14-21(24(28)31)27(15-18-6-5-13-34-18)23(30)19-7-3-4-8-20(19)26/h3-13,21H,2,14-15H2,1H3. The van der Waals surface area contributed by atoms with Gasteiger partial charge in [-0.2, -0.15) is 0 Å². The highest BCUT2D eigenvalue weighted by atomic mass is 19.1. The van der Waals surface area contributed by atoms with Gasteiger partial charge in [0.05, 0.1) is 42.6 Å². The van der Waals surface area contributed by atoms with E-state index in [2.05, 4.69) is 0 Å². The van der Waals surface area contributed by atoms with Crippen LogP contribution in [0.4, 0.5) is 10.1 Å². The van der Waals surface area contributed by atoms with Gasteiger partial charge in [0.2, 0.25) is 5.91 Å². The van der Waals surface area contributed by atoms with Crippen molar-refractivity contribution in [2.24, 2.45) is 0 Å². The number of nitrogens with zero attached hydrogens (tertiary/aromatic N) is 2. The third kappa shape index (κ3) is 4.45. The Morgan fingerprint density at radius 1 is 1.09 bits per heavy atom. The Kier molecular flexibility index (Phi) is 6.53. The van der Waals surface area contributed by atoms with Crippen LogP contribution in [0.1, 0.15) is 39.8 Å². The quantitative estimate of drug-likeness (QED) is 0.392. The van der Waals surface area contributed by atoms with Crippen molar-refractivity contribution in [1.82, 2.24) is 4.90 Å². The summed E-state index contributed by atoms with van der Waals surface area (Å²) in [5, 5.41) is 0. The van der Waals surface area contributed by atoms with E-state index in [1.54, 1.807) is 19.1 Å². The molecule has 1 aromatic heterocycles. The van der Waals surface area contributed by atoms with E-state index in [9.17, 15) is 23.6 Å². The number of anilines is 1. The number of ether oxygens (including phenoxy) is 1. The van der Waals surface area contributed by atoms with Gasteiger partial charge < -0.3 is 14.1 Å². The van der Waals surface area contributed by atoms with E-state index in [1.807, 2.05) is 0 Å². The fourth-order valence-electron chi connectivity index (χ4n) is 3.78. The number of benzene rings is 2. The zero-order valence-corrected chi connectivity index (χ0v) is 18.3. The van der Waals surface area contributed by atoms with Crippen molar-refractivity contribution in [2.75, 3.05) is 11.5 Å². The van der Waals surface area contributed by atoms with Crippen LogP contribution >= 0.6 is 0 Å². The number of carbonyl (C=O) groups is 4. The minimum atomic E-state index is -1.16. The smallest absolute Gasteiger partial charge is 0.338 e. The Morgan fingerprint density at radius 2 is 1.82 bits per heavy atom. The highest BCUT2D eigenvalue weighted by Gasteiger charge is 2.45. The molecule has 4 rings (SSSR count). The lowest BCUT2D eigenvalue weighted by Gasteiger charge is -2.27. The Hall–Kier alpha value is -4.27. The Balaban J connectivity index is 1.63. The molecule has 1 aliphatic heterocycles. The lowest BCUT2D eigenvalue weighted by atomic mass is 10.1. The first-order chi connectivity index (χ1) is 16.4. The summed E-state index contributed by atoms with van der Waals surface area (Å²) < 4.78 is 24.6. The van der Waals surface area contributed by atoms with E-state index in [1.165, 1.54) is 48.7 Å². The molecule has 3 aromatic rings. The minimum absolute atomic E-state index is 0.126. The molecule has 3 amide bonds. The van der Waals surface area contributed by atoms with Gasteiger partial charge in [0.25, 0.3) is 11.8 Å². The number of esters is 1. The Bertz CT molecular complexity index is 1220. The van der Waals surface area contributed by atoms with Crippen molar-refractivity contribution in [3.63, 3.8) is 0 Å². The molecular weight excluding hydrogens is 443 g/mol. The molecule has 1 atom stereocenters. The summed E-state index contributed by atoms with van der Waals surface area (Å²) in [6, 6.07) is 13.3. The number of rotatable bonds is 7. The van der Waals surface area contributed by atoms with Gasteiger partial charge in [0.15, 0.2) is 0 Å². The molecule has 0 N–H and O–H groups in total. The molecule has 9 heteroatoms. The lowest BCUT2D eigenvalue weighted by molar-refractivity contribution is -0.122. The molecule has 1 saturated heterocycles. The molecule has 2 aromatic carbocycles. The van der Waals surface area contributed by atoms with Crippen LogP contribution in [0.25, 0.3) is 0 Å². The number of hydrogen-bond donors (Lipinski definition) is 0. The van der Waals surface area contributed by atoms with E-state index in [0.29, 0.717) is 5.76 Å². The van der Waals surface area contributed by atoms with Crippen LogP contribution < -0.4 is 4.90 Å². The van der Waals surface area contributed by atoms with Crippen molar-refractivity contribution in [3.05, 3.63) is 89.6 Å². The number of furan rings is 1. The zero-order valence-electron chi connectivity index (χ0n) is 18.3. The largest absolute Gasteiger partial charge is 0.467 e. The molecule has 2 heterocycles. The zero-order chi connectivity index (χ0) is 24.2. The number of halogens is 1. The van der Waals surface area contributed by atoms with Gasteiger partial charge >= 0.3 is 5.97 Å². The SMILES string of the molecule is CCOC(=O)c1ccc(N2C(=O)CC(N(Cc3ccco3)C(=O)c3ccccc3F)C2=O)cc1. The van der Waals surface area contributed by atoms with E-state index < -0.39 is 35.5 Å². The van der Waals surface area contributed by atoms with Crippen LogP contribution in [0.3, 0.4) is 0 Å². The van der Waals surface area contributed by atoms with Gasteiger partial charge in [-0.25, -0.2) is 14.1 Å². The normalized spacial score (nSPS) is 15.5. The molecular formula is C25H21FN2O6. The summed E-state index contributed by atoms with van der Waals surface area (Å²) in [4.78, 5) is 53.4. The van der Waals surface area contributed by atoms with Gasteiger partial charge in [-0.3, -0.25) is 14.4 Å². The first-order valence-corrected chi connectivity index (χ1v) is 10.6. The van der Waals surface area contributed by atoms with Gasteiger partial charge in [-0.1, -0.05) is 12.1 Å². The number of carbonyl (C=O) groups excluding carboxylic acids is 4. The second-order valence-electron chi connectivity index (χ2n) is 7.55. The topological polar surface area (TPSA) is 97.1 Å². The molecule has 174 valence electrons. The van der Waals surface area contributed by atoms with Gasteiger partial charge in [0, 0.05) is 0 Å². The van der Waals surface area contributed by atoms with Crippen LogP contribution in [-0.4, -0.2) is 41.2 Å². The highest BCUT2D eigenvalue weighted by Crippen LogP contribution is 2.28. The third-order valence-corrected chi connectivity index (χ3v) is 5.41. The summed E-state index contributed by atoms with van der Waals surface area (Å²) in [7, 11) is 0. The summed E-state index contributed by atoms with van der Waals surface area (Å²) in [5.74, 6) is -2.77. The Morgan fingerprint density at radius 3 is 2.47 bits per heavy atom. The predicted octanol–water partition coefficient (Wildman–Crippen LogP) is 3.57. The Labute approximate surface area is 194 Å². The molecule has 1 aliphatic rings. The number of amides is 3. The van der Waals surface area contributed by atoms with Crippen LogP contribution in [0.5, 0.6) is 0 Å². The maximum Gasteiger partial charge on any atom is 0.338 e. The maximum atomic E-state index is 14.4. The van der Waals surface area contributed by atoms with Gasteiger partial charge in [-0.15, -0.1) is 0 Å². The van der Waals surface area contributed by atoms with Crippen molar-refractivity contribution in [1.29, 1.82) is 0 Å². The molecule has 1 unspecified atom stereocenters. The molecule has 8 nitrogen and oxygen atoms in total. The fraction of sp³-hybridized carbons (Fsp3) is 0.200. The molecule has 0 saturated carbocycles. The van der Waals surface area contributed by atoms with Crippen LogP contribution in [0.15, 0.2) is 71.3 Å². The molecule has 0 bridgehead atoms. The second-order valence-corrected chi connectivity index (χ2v) is 7.55. The van der Waals surface area contributed by atoms with Gasteiger partial charge in [0.1, 0.15) is 17.6 Å². The molecule has 1 fully saturated rings. The van der Waals surface area contributed by atoms with Crippen molar-refractivity contribution in [3.8, 4) is 0 Å². The fourth-order valence-corrected chi connectivity index (χ4v) is 3.78. The first kappa shape index (κ1) is 22.9. The van der Waals surface area contributed by atoms with E-state index in [-0.39, 0.29) is 36.4 Å². The summed E-state index contributed by atoms with van der Waals surface area (Å²) in [6.07, 6.45) is 1.14. The third-order valence-electron chi connectivity index (χ3n) is 5.41. The van der Waals surface area contributed by atoms with E-state index in [4.69, 9.17) is 9.15 Å². The van der Waals surface area contributed by atoms with Crippen molar-refractivity contribution in [2.45, 2.75) is 25.9 Å². The first-order valence-electron chi connectivity index (χ1n) is 10.6. The molecule has 0 spiro atoms.